The van der Waals surface area contributed by atoms with Crippen molar-refractivity contribution < 1.29 is 0 Å². The highest BCUT2D eigenvalue weighted by atomic mass is 35.5. The Balaban J connectivity index is 1.69. The molecule has 21 heavy (non-hydrogen) atoms. The molecule has 3 rings (SSSR count). The number of rotatable bonds is 5. The van der Waals surface area contributed by atoms with Crippen molar-refractivity contribution in [2.75, 3.05) is 13.1 Å². The molecule has 2 heterocycles. The second kappa shape index (κ2) is 6.64. The Morgan fingerprint density at radius 1 is 1.43 bits per heavy atom. The van der Waals surface area contributed by atoms with Crippen LogP contribution in [0.25, 0.3) is 0 Å². The van der Waals surface area contributed by atoms with Gasteiger partial charge in [0.1, 0.15) is 0 Å². The lowest BCUT2D eigenvalue weighted by Gasteiger charge is -2.41. The summed E-state index contributed by atoms with van der Waals surface area (Å²) in [5.74, 6) is 1.63. The van der Waals surface area contributed by atoms with Crippen LogP contribution in [-0.2, 0) is 6.54 Å². The Morgan fingerprint density at radius 2 is 2.24 bits per heavy atom. The van der Waals surface area contributed by atoms with Crippen molar-refractivity contribution in [3.05, 3.63) is 29.0 Å². The van der Waals surface area contributed by atoms with Crippen molar-refractivity contribution >= 4 is 11.6 Å². The van der Waals surface area contributed by atoms with Gasteiger partial charge in [-0.25, -0.2) is 0 Å². The van der Waals surface area contributed by atoms with Crippen LogP contribution in [0.3, 0.4) is 0 Å². The quantitative estimate of drug-likeness (QED) is 0.904. The zero-order valence-electron chi connectivity index (χ0n) is 13.1. The summed E-state index contributed by atoms with van der Waals surface area (Å²) >= 11 is 6.30. The molecule has 1 aromatic rings. The third-order valence-electron chi connectivity index (χ3n) is 4.69. The standard InChI is InChI=1S/C17H26ClN3/c1-12(2)7-15-11-21(17(9-20-15)13-3-4-13)10-14-5-6-19-8-16(14)18/h5-6,8,12-13,15,17,20H,3-4,7,9-11H2,1-2H3. The number of halogens is 1. The minimum Gasteiger partial charge on any atom is -0.311 e. The van der Waals surface area contributed by atoms with Crippen molar-refractivity contribution in [1.29, 1.82) is 0 Å². The van der Waals surface area contributed by atoms with Gasteiger partial charge >= 0.3 is 0 Å². The maximum atomic E-state index is 6.30. The maximum Gasteiger partial charge on any atom is 0.0634 e. The molecule has 0 amide bonds. The van der Waals surface area contributed by atoms with E-state index in [1.54, 1.807) is 6.20 Å². The number of hydrogen-bond donors (Lipinski definition) is 1. The van der Waals surface area contributed by atoms with Crippen LogP contribution in [0, 0.1) is 11.8 Å². The van der Waals surface area contributed by atoms with Crippen LogP contribution in [-0.4, -0.2) is 35.1 Å². The highest BCUT2D eigenvalue weighted by Crippen LogP contribution is 2.37. The number of nitrogens with one attached hydrogen (secondary N) is 1. The molecule has 2 unspecified atom stereocenters. The lowest BCUT2D eigenvalue weighted by Crippen LogP contribution is -2.57. The number of pyridine rings is 1. The second-order valence-electron chi connectivity index (χ2n) is 7.04. The van der Waals surface area contributed by atoms with E-state index in [9.17, 15) is 0 Å². The molecule has 116 valence electrons. The van der Waals surface area contributed by atoms with Crippen LogP contribution in [0.5, 0.6) is 0 Å². The van der Waals surface area contributed by atoms with Gasteiger partial charge in [-0.15, -0.1) is 0 Å². The monoisotopic (exact) mass is 307 g/mol. The van der Waals surface area contributed by atoms with E-state index in [0.717, 1.165) is 36.5 Å². The largest absolute Gasteiger partial charge is 0.311 e. The maximum absolute atomic E-state index is 6.30. The number of aromatic nitrogens is 1. The smallest absolute Gasteiger partial charge is 0.0634 e. The van der Waals surface area contributed by atoms with Gasteiger partial charge in [-0.1, -0.05) is 25.4 Å². The first kappa shape index (κ1) is 15.3. The van der Waals surface area contributed by atoms with E-state index in [2.05, 4.69) is 35.1 Å². The van der Waals surface area contributed by atoms with Crippen LogP contribution in [0.4, 0.5) is 0 Å². The minimum atomic E-state index is 0.612. The van der Waals surface area contributed by atoms with Crippen LogP contribution >= 0.6 is 11.6 Å². The molecular weight excluding hydrogens is 282 g/mol. The number of piperazine rings is 1. The third-order valence-corrected chi connectivity index (χ3v) is 5.03. The zero-order valence-corrected chi connectivity index (χ0v) is 13.8. The summed E-state index contributed by atoms with van der Waals surface area (Å²) < 4.78 is 0. The molecule has 1 N–H and O–H groups in total. The molecule has 0 radical (unpaired) electrons. The molecule has 2 atom stereocenters. The summed E-state index contributed by atoms with van der Waals surface area (Å²) in [4.78, 5) is 6.75. The van der Waals surface area contributed by atoms with E-state index < -0.39 is 0 Å². The van der Waals surface area contributed by atoms with E-state index in [-0.39, 0.29) is 0 Å². The molecule has 0 bridgehead atoms. The Morgan fingerprint density at radius 3 is 2.90 bits per heavy atom. The van der Waals surface area contributed by atoms with Gasteiger partial charge in [0, 0.05) is 44.1 Å². The van der Waals surface area contributed by atoms with Crippen molar-refractivity contribution in [2.45, 2.75) is 51.7 Å². The highest BCUT2D eigenvalue weighted by molar-refractivity contribution is 6.31. The molecule has 0 spiro atoms. The molecule has 1 saturated carbocycles. The predicted molar refractivity (Wildman–Crippen MR) is 87.4 cm³/mol. The summed E-state index contributed by atoms with van der Waals surface area (Å²) in [7, 11) is 0. The van der Waals surface area contributed by atoms with E-state index in [0.29, 0.717) is 12.1 Å². The Hall–Kier alpha value is -0.640. The van der Waals surface area contributed by atoms with Crippen LogP contribution in [0.2, 0.25) is 5.02 Å². The number of nitrogens with zero attached hydrogens (tertiary/aromatic N) is 2. The van der Waals surface area contributed by atoms with Gasteiger partial charge in [0.15, 0.2) is 0 Å². The molecule has 2 aliphatic rings. The van der Waals surface area contributed by atoms with Crippen LogP contribution in [0.1, 0.15) is 38.7 Å². The normalized spacial score (nSPS) is 27.2. The molecular formula is C17H26ClN3. The first-order chi connectivity index (χ1) is 10.1. The Kier molecular flexibility index (Phi) is 4.82. The molecule has 2 fully saturated rings. The van der Waals surface area contributed by atoms with Gasteiger partial charge in [-0.3, -0.25) is 9.88 Å². The molecule has 1 aromatic heterocycles. The van der Waals surface area contributed by atoms with E-state index in [1.807, 2.05) is 6.20 Å². The van der Waals surface area contributed by atoms with Crippen molar-refractivity contribution in [1.82, 2.24) is 15.2 Å². The fourth-order valence-electron chi connectivity index (χ4n) is 3.51. The summed E-state index contributed by atoms with van der Waals surface area (Å²) in [6.45, 7) is 7.83. The van der Waals surface area contributed by atoms with E-state index >= 15 is 0 Å². The molecule has 1 saturated heterocycles. The molecule has 1 aliphatic carbocycles. The Bertz CT molecular complexity index is 473. The summed E-state index contributed by atoms with van der Waals surface area (Å²) in [6, 6.07) is 3.35. The summed E-state index contributed by atoms with van der Waals surface area (Å²) in [5.41, 5.74) is 1.21. The first-order valence-corrected chi connectivity index (χ1v) is 8.57. The third kappa shape index (κ3) is 3.97. The van der Waals surface area contributed by atoms with Gasteiger partial charge in [-0.05, 0) is 42.7 Å². The van der Waals surface area contributed by atoms with Crippen LogP contribution in [0.15, 0.2) is 18.5 Å². The predicted octanol–water partition coefficient (Wildman–Crippen LogP) is 3.33. The fourth-order valence-corrected chi connectivity index (χ4v) is 3.68. The average Bonchev–Trinajstić information content (AvgIpc) is 3.25. The topological polar surface area (TPSA) is 28.2 Å². The lowest BCUT2D eigenvalue weighted by molar-refractivity contribution is 0.100. The summed E-state index contributed by atoms with van der Waals surface area (Å²) in [6.07, 6.45) is 7.64. The van der Waals surface area contributed by atoms with Gasteiger partial charge < -0.3 is 5.32 Å². The van der Waals surface area contributed by atoms with Gasteiger partial charge in [-0.2, -0.15) is 0 Å². The fraction of sp³-hybridized carbons (Fsp3) is 0.706. The molecule has 4 heteroatoms. The number of hydrogen-bond acceptors (Lipinski definition) is 3. The zero-order chi connectivity index (χ0) is 14.8. The van der Waals surface area contributed by atoms with Gasteiger partial charge in [0.2, 0.25) is 0 Å². The lowest BCUT2D eigenvalue weighted by atomic mass is 9.97. The van der Waals surface area contributed by atoms with E-state index in [4.69, 9.17) is 11.6 Å². The average molecular weight is 308 g/mol. The summed E-state index contributed by atoms with van der Waals surface area (Å²) in [5, 5.41) is 4.56. The second-order valence-corrected chi connectivity index (χ2v) is 7.44. The SMILES string of the molecule is CC(C)CC1CN(Cc2ccncc2Cl)C(C2CC2)CN1. The van der Waals surface area contributed by atoms with E-state index in [1.165, 1.54) is 24.8 Å². The molecule has 3 nitrogen and oxygen atoms in total. The van der Waals surface area contributed by atoms with Crippen molar-refractivity contribution in [3.63, 3.8) is 0 Å². The molecule has 0 aromatic carbocycles. The minimum absolute atomic E-state index is 0.612. The Labute approximate surface area is 133 Å². The molecule has 1 aliphatic heterocycles. The first-order valence-electron chi connectivity index (χ1n) is 8.19. The van der Waals surface area contributed by atoms with Gasteiger partial charge in [0.05, 0.1) is 5.02 Å². The van der Waals surface area contributed by atoms with Crippen LogP contribution < -0.4 is 5.32 Å². The van der Waals surface area contributed by atoms with Crippen molar-refractivity contribution in [2.24, 2.45) is 11.8 Å². The van der Waals surface area contributed by atoms with Crippen molar-refractivity contribution in [3.8, 4) is 0 Å². The highest BCUT2D eigenvalue weighted by Gasteiger charge is 2.38. The van der Waals surface area contributed by atoms with Gasteiger partial charge in [0.25, 0.3) is 0 Å².